The van der Waals surface area contributed by atoms with Gasteiger partial charge in [-0.15, -0.1) is 0 Å². The number of imidazole rings is 1. The summed E-state index contributed by atoms with van der Waals surface area (Å²) in [5.41, 5.74) is 36.4. The molecule has 15 aromatic carbocycles. The van der Waals surface area contributed by atoms with Crippen LogP contribution in [0.3, 0.4) is 0 Å². The second kappa shape index (κ2) is 20.9. The van der Waals surface area contributed by atoms with E-state index < -0.39 is 10.8 Å². The molecule has 0 fully saturated rings. The summed E-state index contributed by atoms with van der Waals surface area (Å²) >= 11 is 0. The Hall–Kier alpha value is -13.8. The summed E-state index contributed by atoms with van der Waals surface area (Å²) in [5.74, 6) is 0.878. The minimum Gasteiger partial charge on any atom is -0.309 e. The minimum absolute atomic E-state index is 0.498. The molecule has 0 bridgehead atoms. The van der Waals surface area contributed by atoms with E-state index >= 15 is 0 Å². The molecule has 7 heterocycles. The van der Waals surface area contributed by atoms with Crippen LogP contribution in [0.15, 0.2) is 352 Å². The summed E-state index contributed by atoms with van der Waals surface area (Å²) in [6.45, 7) is 0. The maximum absolute atomic E-state index is 5.50. The van der Waals surface area contributed by atoms with Crippen molar-refractivity contribution in [3.63, 3.8) is 0 Å². The van der Waals surface area contributed by atoms with Crippen LogP contribution in [-0.4, -0.2) is 28.7 Å². The molecular formula is C99H58N6. The van der Waals surface area contributed by atoms with Gasteiger partial charge in [-0.3, -0.25) is 9.55 Å². The molecule has 1 atom stereocenters. The molecule has 0 radical (unpaired) electrons. The van der Waals surface area contributed by atoms with Crippen molar-refractivity contribution in [2.45, 2.75) is 10.8 Å². The number of benzene rings is 15. The maximum atomic E-state index is 5.50. The summed E-state index contributed by atoms with van der Waals surface area (Å²) in [4.78, 5) is 16.2. The zero-order valence-corrected chi connectivity index (χ0v) is 56.7. The number of nitrogens with zero attached hydrogens (tertiary/aromatic N) is 6. The highest BCUT2D eigenvalue weighted by atomic mass is 15.1. The lowest BCUT2D eigenvalue weighted by molar-refractivity contribution is 0.748. The highest BCUT2D eigenvalue weighted by Crippen LogP contribution is 2.64. The average Bonchev–Trinajstić information content (AvgIpc) is 1.53. The minimum atomic E-state index is -0.538. The molecule has 6 nitrogen and oxygen atoms in total. The number of rotatable bonds is 6. The van der Waals surface area contributed by atoms with Gasteiger partial charge in [0.15, 0.2) is 0 Å². The fourth-order valence-electron chi connectivity index (χ4n) is 19.5. The van der Waals surface area contributed by atoms with E-state index in [4.69, 9.17) is 15.0 Å². The van der Waals surface area contributed by atoms with Crippen LogP contribution in [0.4, 0.5) is 0 Å². The van der Waals surface area contributed by atoms with Crippen LogP contribution < -0.4 is 0 Å². The summed E-state index contributed by atoms with van der Waals surface area (Å²) in [5, 5.41) is 7.17. The molecule has 1 unspecified atom stereocenters. The van der Waals surface area contributed by atoms with Crippen LogP contribution in [0.2, 0.25) is 0 Å². The SMILES string of the molecule is c1ccc(-n2c(-c3ccc(-c4ccc5c(c4)-c4ccccc4C54c5ccccc5-n5c6ccccc6c6cccc4c65)cc3)nc3cc(-c4cnc5c(ccc6ccc(-c7cccc(-c8ccc9c(c8)C8(c%10ccccc%10-c%10ccccc%108)c8cccc%10c%11ccccc%11n-9c8%10)c7)nc65)c4)ccc32)cc1. The predicted molar refractivity (Wildman–Crippen MR) is 429 cm³/mol. The van der Waals surface area contributed by atoms with Crippen molar-refractivity contribution in [1.82, 2.24) is 28.7 Å². The van der Waals surface area contributed by atoms with E-state index in [-0.39, 0.29) is 0 Å². The van der Waals surface area contributed by atoms with E-state index in [0.29, 0.717) is 0 Å². The molecule has 0 saturated heterocycles. The molecule has 20 aromatic rings. The van der Waals surface area contributed by atoms with Crippen molar-refractivity contribution >= 4 is 76.5 Å². The topological polar surface area (TPSA) is 53.5 Å². The first kappa shape index (κ1) is 56.9. The predicted octanol–water partition coefficient (Wildman–Crippen LogP) is 24.0. The van der Waals surface area contributed by atoms with E-state index in [1.54, 1.807) is 0 Å². The van der Waals surface area contributed by atoms with Gasteiger partial charge in [0, 0.05) is 60.9 Å². The van der Waals surface area contributed by atoms with E-state index in [1.165, 1.54) is 127 Å². The Morgan fingerprint density at radius 3 is 1.48 bits per heavy atom. The molecule has 6 heteroatoms. The summed E-state index contributed by atoms with van der Waals surface area (Å²) in [6.07, 6.45) is 2.00. The zero-order chi connectivity index (χ0) is 68.4. The molecule has 0 amide bonds. The molecule has 2 aliphatic heterocycles. The number of fused-ring (bicyclic) bond motifs is 28. The van der Waals surface area contributed by atoms with Gasteiger partial charge in [0.2, 0.25) is 0 Å². The first-order valence-corrected chi connectivity index (χ1v) is 36.3. The molecule has 4 aliphatic rings. The molecule has 0 N–H and O–H groups in total. The average molecular weight is 1330 g/mol. The lowest BCUT2D eigenvalue weighted by Crippen LogP contribution is -2.33. The third kappa shape index (κ3) is 7.48. The number of pyridine rings is 2. The number of hydrogen-bond acceptors (Lipinski definition) is 3. The van der Waals surface area contributed by atoms with Crippen molar-refractivity contribution in [2.75, 3.05) is 0 Å². The molecule has 2 aliphatic carbocycles. The third-order valence-electron chi connectivity index (χ3n) is 23.9. The van der Waals surface area contributed by atoms with Gasteiger partial charge >= 0.3 is 0 Å². The van der Waals surface area contributed by atoms with Gasteiger partial charge in [0.05, 0.1) is 72.0 Å². The molecular weight excluding hydrogens is 1270 g/mol. The summed E-state index contributed by atoms with van der Waals surface area (Å²) in [7, 11) is 0. The Labute approximate surface area is 604 Å². The lowest BCUT2D eigenvalue weighted by Gasteiger charge is -2.40. The zero-order valence-electron chi connectivity index (χ0n) is 56.7. The Balaban J connectivity index is 0.570. The van der Waals surface area contributed by atoms with Crippen LogP contribution >= 0.6 is 0 Å². The van der Waals surface area contributed by atoms with Gasteiger partial charge in [-0.25, -0.2) is 9.97 Å². The highest BCUT2D eigenvalue weighted by molar-refractivity contribution is 6.15. The van der Waals surface area contributed by atoms with E-state index in [1.807, 2.05) is 6.20 Å². The van der Waals surface area contributed by atoms with E-state index in [9.17, 15) is 0 Å². The van der Waals surface area contributed by atoms with Gasteiger partial charge < -0.3 is 9.13 Å². The van der Waals surface area contributed by atoms with Crippen LogP contribution in [0.1, 0.15) is 44.5 Å². The van der Waals surface area contributed by atoms with Gasteiger partial charge in [-0.2, -0.15) is 0 Å². The van der Waals surface area contributed by atoms with E-state index in [2.05, 4.69) is 359 Å². The van der Waals surface area contributed by atoms with Crippen molar-refractivity contribution in [3.8, 4) is 95.3 Å². The Morgan fingerprint density at radius 1 is 0.248 bits per heavy atom. The molecule has 24 rings (SSSR count). The smallest absolute Gasteiger partial charge is 0.145 e. The van der Waals surface area contributed by atoms with Gasteiger partial charge in [0.25, 0.3) is 0 Å². The largest absolute Gasteiger partial charge is 0.309 e. The van der Waals surface area contributed by atoms with Crippen LogP contribution in [-0.2, 0) is 10.8 Å². The van der Waals surface area contributed by atoms with Crippen LogP contribution in [0.25, 0.3) is 172 Å². The van der Waals surface area contributed by atoms with Gasteiger partial charge in [0.1, 0.15) is 5.82 Å². The van der Waals surface area contributed by atoms with Crippen molar-refractivity contribution < 1.29 is 0 Å². The first-order valence-electron chi connectivity index (χ1n) is 36.3. The monoisotopic (exact) mass is 1330 g/mol. The maximum Gasteiger partial charge on any atom is 0.145 e. The fraction of sp³-hybridized carbons (Fsp3) is 0.0202. The van der Waals surface area contributed by atoms with Gasteiger partial charge in [-0.05, 0) is 173 Å². The quantitative estimate of drug-likeness (QED) is 0.156. The molecule has 5 aromatic heterocycles. The normalized spacial score (nSPS) is 14.6. The number of para-hydroxylation sites is 6. The van der Waals surface area contributed by atoms with Crippen molar-refractivity contribution in [3.05, 3.63) is 396 Å². The molecule has 105 heavy (non-hydrogen) atoms. The fourth-order valence-corrected chi connectivity index (χ4v) is 19.5. The highest BCUT2D eigenvalue weighted by Gasteiger charge is 2.53. The van der Waals surface area contributed by atoms with Gasteiger partial charge in [-0.1, -0.05) is 267 Å². The van der Waals surface area contributed by atoms with Crippen molar-refractivity contribution in [1.29, 1.82) is 0 Å². The lowest BCUT2D eigenvalue weighted by atomic mass is 9.65. The third-order valence-corrected chi connectivity index (χ3v) is 23.9. The summed E-state index contributed by atoms with van der Waals surface area (Å²) < 4.78 is 7.33. The van der Waals surface area contributed by atoms with Crippen molar-refractivity contribution in [2.24, 2.45) is 0 Å². The molecule has 0 saturated carbocycles. The standard InChI is InChI=1S/C99H58N6/c1-2-21-69(22-3-1)103-92-52-48-65(57-87(92)102-97(103)61-42-39-59(40-43-61)63-45-49-81-77(55-63)72-25-6-11-32-80(72)98(81)82-33-12-15-38-90(82)104-88-36-13-7-26-73(88)75-28-17-34-83(98)95(75)104)68-54-67-44-41-60-46-50-86(101-94(60)93(67)100-58-68)66-20-16-19-62(53-66)64-47-51-91-85(56-64)99(78-30-9-4-23-70(78)71-24-5-10-31-79(71)99)84-35-18-29-76-74-27-8-14-37-89(74)105(91)96(76)84/h1-58H. The number of aromatic nitrogens is 6. The van der Waals surface area contributed by atoms with Crippen LogP contribution in [0.5, 0.6) is 0 Å². The van der Waals surface area contributed by atoms with Crippen LogP contribution in [0, 0.1) is 0 Å². The van der Waals surface area contributed by atoms with E-state index in [0.717, 1.165) is 89.0 Å². The Bertz CT molecular complexity index is 7180. The molecule has 484 valence electrons. The first-order chi connectivity index (χ1) is 52.1. The Morgan fingerprint density at radius 2 is 0.752 bits per heavy atom. The second-order valence-corrected chi connectivity index (χ2v) is 28.9. The molecule has 2 spiro atoms. The second-order valence-electron chi connectivity index (χ2n) is 28.9. The Kier molecular flexibility index (Phi) is 11.3. The number of hydrogen-bond donors (Lipinski definition) is 0. The summed E-state index contributed by atoms with van der Waals surface area (Å²) in [6, 6.07) is 128.